The Hall–Kier alpha value is -0.780. The highest BCUT2D eigenvalue weighted by Crippen LogP contribution is 2.40. The number of rotatable bonds is 3. The molecule has 0 aliphatic heterocycles. The van der Waals surface area contributed by atoms with Crippen molar-refractivity contribution in [3.05, 3.63) is 41.3 Å². The lowest BCUT2D eigenvalue weighted by Crippen LogP contribution is -2.16. The van der Waals surface area contributed by atoms with Gasteiger partial charge in [0.2, 0.25) is 0 Å². The summed E-state index contributed by atoms with van der Waals surface area (Å²) in [4.78, 5) is 0. The number of benzene rings is 1. The summed E-state index contributed by atoms with van der Waals surface area (Å²) in [7, 11) is 0. The van der Waals surface area contributed by atoms with E-state index in [9.17, 15) is 0 Å². The molecule has 0 aromatic heterocycles. The zero-order valence-electron chi connectivity index (χ0n) is 13.2. The topological polar surface area (TPSA) is 0 Å². The first-order valence-corrected chi connectivity index (χ1v) is 7.98. The number of hydrogen-bond acceptors (Lipinski definition) is 0. The van der Waals surface area contributed by atoms with Gasteiger partial charge < -0.3 is 0 Å². The third kappa shape index (κ3) is 3.22. The SMILES string of the molecule is CC1[CH]C(c2cccc(C(C)C)c2C(C)C)CCC1. The summed E-state index contributed by atoms with van der Waals surface area (Å²) in [6.45, 7) is 11.7. The van der Waals surface area contributed by atoms with Crippen LogP contribution >= 0.6 is 0 Å². The Kier molecular flexibility index (Phi) is 4.71. The van der Waals surface area contributed by atoms with E-state index in [1.54, 1.807) is 16.7 Å². The van der Waals surface area contributed by atoms with Crippen molar-refractivity contribution >= 4 is 0 Å². The largest absolute Gasteiger partial charge is 0.0622 e. The molecule has 105 valence electrons. The highest BCUT2D eigenvalue weighted by atomic mass is 14.3. The molecule has 0 N–H and O–H groups in total. The second-order valence-corrected chi connectivity index (χ2v) is 6.87. The van der Waals surface area contributed by atoms with Crippen molar-refractivity contribution < 1.29 is 0 Å². The molecule has 2 atom stereocenters. The van der Waals surface area contributed by atoms with Gasteiger partial charge in [-0.05, 0) is 53.2 Å². The Morgan fingerprint density at radius 2 is 1.74 bits per heavy atom. The first-order chi connectivity index (χ1) is 9.00. The van der Waals surface area contributed by atoms with E-state index in [4.69, 9.17) is 0 Å². The summed E-state index contributed by atoms with van der Waals surface area (Å²) in [6.07, 6.45) is 6.68. The molecule has 0 saturated heterocycles. The molecule has 1 saturated carbocycles. The van der Waals surface area contributed by atoms with E-state index in [1.807, 2.05) is 0 Å². The van der Waals surface area contributed by atoms with Crippen LogP contribution < -0.4 is 0 Å². The smallest absolute Gasteiger partial charge is 0.0125 e. The average Bonchev–Trinajstić information content (AvgIpc) is 2.37. The lowest BCUT2D eigenvalue weighted by atomic mass is 9.74. The van der Waals surface area contributed by atoms with Crippen molar-refractivity contribution in [2.75, 3.05) is 0 Å². The van der Waals surface area contributed by atoms with Crippen LogP contribution in [0.2, 0.25) is 0 Å². The molecule has 1 aliphatic rings. The third-order valence-corrected chi connectivity index (χ3v) is 4.51. The summed E-state index contributed by atoms with van der Waals surface area (Å²) in [5.74, 6) is 2.71. The van der Waals surface area contributed by atoms with Crippen LogP contribution in [0.1, 0.15) is 88.3 Å². The first kappa shape index (κ1) is 14.6. The van der Waals surface area contributed by atoms with E-state index in [2.05, 4.69) is 59.2 Å². The first-order valence-electron chi connectivity index (χ1n) is 7.98. The molecule has 2 unspecified atom stereocenters. The van der Waals surface area contributed by atoms with Crippen molar-refractivity contribution in [1.82, 2.24) is 0 Å². The van der Waals surface area contributed by atoms with Crippen molar-refractivity contribution in [3.63, 3.8) is 0 Å². The predicted molar refractivity (Wildman–Crippen MR) is 84.7 cm³/mol. The lowest BCUT2D eigenvalue weighted by Gasteiger charge is -2.31. The van der Waals surface area contributed by atoms with Gasteiger partial charge in [0, 0.05) is 0 Å². The van der Waals surface area contributed by atoms with Gasteiger partial charge in [-0.3, -0.25) is 0 Å². The minimum Gasteiger partial charge on any atom is -0.0622 e. The summed E-state index contributed by atoms with van der Waals surface area (Å²) < 4.78 is 0. The predicted octanol–water partition coefficient (Wildman–Crippen LogP) is 6.04. The van der Waals surface area contributed by atoms with E-state index in [0.29, 0.717) is 17.8 Å². The zero-order valence-corrected chi connectivity index (χ0v) is 13.2. The molecule has 1 fully saturated rings. The molecule has 0 amide bonds. The summed E-state index contributed by atoms with van der Waals surface area (Å²) >= 11 is 0. The molecule has 1 aliphatic carbocycles. The van der Waals surface area contributed by atoms with Crippen molar-refractivity contribution in [2.45, 2.75) is 71.6 Å². The van der Waals surface area contributed by atoms with Crippen LogP contribution in [-0.2, 0) is 0 Å². The van der Waals surface area contributed by atoms with Crippen LogP contribution in [0.5, 0.6) is 0 Å². The van der Waals surface area contributed by atoms with Crippen LogP contribution in [0.4, 0.5) is 0 Å². The number of hydrogen-bond donors (Lipinski definition) is 0. The Labute approximate surface area is 119 Å². The van der Waals surface area contributed by atoms with E-state index >= 15 is 0 Å². The van der Waals surface area contributed by atoms with Crippen molar-refractivity contribution in [3.8, 4) is 0 Å². The Bertz CT molecular complexity index is 414. The normalized spacial score (nSPS) is 24.2. The van der Waals surface area contributed by atoms with Gasteiger partial charge in [0.25, 0.3) is 0 Å². The molecule has 1 aromatic rings. The second-order valence-electron chi connectivity index (χ2n) is 6.87. The minimum absolute atomic E-state index is 0.623. The molecular weight excluding hydrogens is 228 g/mol. The second kappa shape index (κ2) is 6.11. The molecule has 0 spiro atoms. The van der Waals surface area contributed by atoms with Gasteiger partial charge >= 0.3 is 0 Å². The molecule has 1 aromatic carbocycles. The molecule has 1 radical (unpaired) electrons. The molecule has 0 heterocycles. The van der Waals surface area contributed by atoms with E-state index < -0.39 is 0 Å². The average molecular weight is 257 g/mol. The van der Waals surface area contributed by atoms with Crippen molar-refractivity contribution in [2.24, 2.45) is 5.92 Å². The van der Waals surface area contributed by atoms with E-state index in [0.717, 1.165) is 5.92 Å². The fourth-order valence-electron chi connectivity index (χ4n) is 3.60. The van der Waals surface area contributed by atoms with Crippen LogP contribution in [0.25, 0.3) is 0 Å². The maximum atomic E-state index is 2.59. The Morgan fingerprint density at radius 1 is 1.00 bits per heavy atom. The molecule has 0 bridgehead atoms. The third-order valence-electron chi connectivity index (χ3n) is 4.51. The molecule has 19 heavy (non-hydrogen) atoms. The van der Waals surface area contributed by atoms with E-state index in [-0.39, 0.29) is 0 Å². The summed E-state index contributed by atoms with van der Waals surface area (Å²) in [6, 6.07) is 6.97. The molecule has 2 rings (SSSR count). The Morgan fingerprint density at radius 3 is 2.32 bits per heavy atom. The minimum atomic E-state index is 0.623. The monoisotopic (exact) mass is 257 g/mol. The highest BCUT2D eigenvalue weighted by Gasteiger charge is 2.25. The lowest BCUT2D eigenvalue weighted by molar-refractivity contribution is 0.435. The van der Waals surface area contributed by atoms with Gasteiger partial charge in [-0.2, -0.15) is 0 Å². The van der Waals surface area contributed by atoms with Gasteiger partial charge in [-0.25, -0.2) is 0 Å². The van der Waals surface area contributed by atoms with Crippen LogP contribution in [0, 0.1) is 12.3 Å². The standard InChI is InChI=1S/C19H29/c1-13(2)17-10-7-11-18(19(17)14(3)4)16-9-6-8-15(5)12-16/h7,10-16H,6,8-9H2,1-5H3. The quantitative estimate of drug-likeness (QED) is 0.619. The van der Waals surface area contributed by atoms with Crippen molar-refractivity contribution in [1.29, 1.82) is 0 Å². The zero-order chi connectivity index (χ0) is 14.0. The maximum absolute atomic E-state index is 2.59. The van der Waals surface area contributed by atoms with Crippen LogP contribution in [-0.4, -0.2) is 0 Å². The molecular formula is C19H29. The van der Waals surface area contributed by atoms with Gasteiger partial charge in [-0.1, -0.05) is 65.7 Å². The van der Waals surface area contributed by atoms with Gasteiger partial charge in [0.15, 0.2) is 0 Å². The Balaban J connectivity index is 2.41. The van der Waals surface area contributed by atoms with Gasteiger partial charge in [0.1, 0.15) is 0 Å². The fourth-order valence-corrected chi connectivity index (χ4v) is 3.60. The van der Waals surface area contributed by atoms with E-state index in [1.165, 1.54) is 19.3 Å². The highest BCUT2D eigenvalue weighted by molar-refractivity contribution is 5.42. The maximum Gasteiger partial charge on any atom is -0.0125 e. The summed E-state index contributed by atoms with van der Waals surface area (Å²) in [5, 5.41) is 0. The molecule has 0 heteroatoms. The van der Waals surface area contributed by atoms with Crippen LogP contribution in [0.15, 0.2) is 18.2 Å². The molecule has 0 nitrogen and oxygen atoms in total. The fraction of sp³-hybridized carbons (Fsp3) is 0.632. The van der Waals surface area contributed by atoms with Gasteiger partial charge in [0.05, 0.1) is 0 Å². The van der Waals surface area contributed by atoms with Crippen LogP contribution in [0.3, 0.4) is 0 Å². The summed E-state index contributed by atoms with van der Waals surface area (Å²) in [5.41, 5.74) is 4.78. The van der Waals surface area contributed by atoms with Gasteiger partial charge in [-0.15, -0.1) is 0 Å².